The molecule has 3 aromatic carbocycles. The first kappa shape index (κ1) is 29.1. The first-order chi connectivity index (χ1) is 21.9. The second kappa shape index (κ2) is 10.5. The number of hydrogen-bond donors (Lipinski definition) is 4. The Balaban J connectivity index is 1.46. The maximum absolute atomic E-state index is 7.24. The number of amidine groups is 2. The molecule has 46 heavy (non-hydrogen) atoms. The molecule has 0 saturated carbocycles. The molecular weight excluding hydrogens is 574 g/mol. The monoisotopic (exact) mass is 609 g/mol. The topological polar surface area (TPSA) is 174 Å². The van der Waals surface area contributed by atoms with Gasteiger partial charge in [0.1, 0.15) is 0 Å². The van der Waals surface area contributed by atoms with E-state index in [1.807, 2.05) is 102 Å². The molecule has 8 N–H and O–H groups in total. The molecule has 7 rings (SSSR count). The van der Waals surface area contributed by atoms with Crippen LogP contribution < -0.4 is 27.9 Å². The van der Waals surface area contributed by atoms with Crippen molar-refractivity contribution in [2.75, 3.05) is 30.5 Å². The number of aliphatic imine (C=N–C) groups is 2. The molecule has 0 radical (unpaired) electrons. The first-order valence-corrected chi connectivity index (χ1v) is 14.9. The number of aromatic nitrogens is 3. The van der Waals surface area contributed by atoms with Gasteiger partial charge in [0.15, 0.2) is 11.7 Å². The molecule has 1 aliphatic heterocycles. The third kappa shape index (κ3) is 4.73. The molecule has 1 atom stereocenters. The van der Waals surface area contributed by atoms with Crippen LogP contribution in [0, 0.1) is 20.8 Å². The van der Waals surface area contributed by atoms with E-state index in [1.54, 1.807) is 0 Å². The summed E-state index contributed by atoms with van der Waals surface area (Å²) in [5, 5.41) is 3.91. The van der Waals surface area contributed by atoms with Gasteiger partial charge in [0.25, 0.3) is 0 Å². The SMILES string of the molecule is Cc1cc(N)c2cc(C3=NC(N)(c4ccc5nc(C)cc(N)c5c4)N(N)C(c4ccc5nc(C)cc(N(C)C)c5c4)=N3)ccc2n1. The van der Waals surface area contributed by atoms with Crippen LogP contribution in [0.3, 0.4) is 0 Å². The zero-order valence-corrected chi connectivity index (χ0v) is 26.4. The second-order valence-electron chi connectivity index (χ2n) is 12.0. The first-order valence-electron chi connectivity index (χ1n) is 14.9. The van der Waals surface area contributed by atoms with E-state index in [0.717, 1.165) is 66.6 Å². The molecule has 3 aromatic heterocycles. The van der Waals surface area contributed by atoms with Gasteiger partial charge in [0, 0.05) is 81.1 Å². The lowest BCUT2D eigenvalue weighted by molar-refractivity contribution is 0.189. The summed E-state index contributed by atoms with van der Waals surface area (Å²) in [5.41, 5.74) is 29.4. The average Bonchev–Trinajstić information content (AvgIpc) is 3.01. The molecule has 0 aliphatic carbocycles. The lowest BCUT2D eigenvalue weighted by Gasteiger charge is -2.39. The lowest BCUT2D eigenvalue weighted by Crippen LogP contribution is -2.60. The van der Waals surface area contributed by atoms with E-state index in [1.165, 1.54) is 5.01 Å². The summed E-state index contributed by atoms with van der Waals surface area (Å²) >= 11 is 0. The minimum absolute atomic E-state index is 0.395. The van der Waals surface area contributed by atoms with Gasteiger partial charge in [-0.25, -0.2) is 20.8 Å². The Kier molecular flexibility index (Phi) is 6.62. The van der Waals surface area contributed by atoms with Crippen LogP contribution in [0.5, 0.6) is 0 Å². The third-order valence-corrected chi connectivity index (χ3v) is 8.36. The molecule has 0 amide bonds. The standard InChI is InChI=1S/C35H35N11/c1-18-12-27(36)24-15-21(6-9-29(24)40-18)33-43-34(22-7-10-31-26(16-22)32(45(4)5)14-20(3)42-31)46(39)35(38,44-33)23-8-11-30-25(17-23)28(37)13-19(2)41-30/h6-17H,38-39H2,1-5H3,(H2,36,40)(H2,37,41). The van der Waals surface area contributed by atoms with Crippen LogP contribution in [0.4, 0.5) is 17.1 Å². The highest BCUT2D eigenvalue weighted by atomic mass is 15.6. The van der Waals surface area contributed by atoms with Gasteiger partial charge in [0.05, 0.1) is 16.6 Å². The van der Waals surface area contributed by atoms with Gasteiger partial charge in [0.2, 0.25) is 5.79 Å². The highest BCUT2D eigenvalue weighted by molar-refractivity contribution is 6.15. The van der Waals surface area contributed by atoms with Crippen LogP contribution in [-0.2, 0) is 5.79 Å². The maximum atomic E-state index is 7.24. The summed E-state index contributed by atoms with van der Waals surface area (Å²) in [6, 6.07) is 23.1. The molecule has 1 unspecified atom stereocenters. The smallest absolute Gasteiger partial charge is 0.228 e. The number of hydrazine groups is 1. The molecule has 0 spiro atoms. The van der Waals surface area contributed by atoms with E-state index in [4.69, 9.17) is 38.0 Å². The number of nitrogen functional groups attached to an aromatic ring is 2. The number of aryl methyl sites for hydroxylation is 3. The van der Waals surface area contributed by atoms with Crippen LogP contribution in [-0.4, -0.2) is 45.7 Å². The van der Waals surface area contributed by atoms with Crippen molar-refractivity contribution in [3.63, 3.8) is 0 Å². The van der Waals surface area contributed by atoms with Crippen LogP contribution in [0.1, 0.15) is 33.8 Å². The van der Waals surface area contributed by atoms with E-state index in [0.29, 0.717) is 28.6 Å². The predicted molar refractivity (Wildman–Crippen MR) is 188 cm³/mol. The Morgan fingerprint density at radius 1 is 0.652 bits per heavy atom. The number of rotatable bonds is 4. The van der Waals surface area contributed by atoms with Crippen LogP contribution in [0.2, 0.25) is 0 Å². The second-order valence-corrected chi connectivity index (χ2v) is 12.0. The zero-order chi connectivity index (χ0) is 32.5. The van der Waals surface area contributed by atoms with Crippen molar-refractivity contribution in [2.24, 2.45) is 21.6 Å². The van der Waals surface area contributed by atoms with E-state index < -0.39 is 5.79 Å². The predicted octanol–water partition coefficient (Wildman–Crippen LogP) is 4.64. The molecule has 1 aliphatic rings. The molecule has 4 heterocycles. The lowest BCUT2D eigenvalue weighted by atomic mass is 10.0. The fourth-order valence-corrected chi connectivity index (χ4v) is 6.09. The van der Waals surface area contributed by atoms with Crippen molar-refractivity contribution in [2.45, 2.75) is 26.6 Å². The van der Waals surface area contributed by atoms with Crippen molar-refractivity contribution >= 4 is 61.4 Å². The number of anilines is 3. The maximum Gasteiger partial charge on any atom is 0.228 e. The molecule has 0 bridgehead atoms. The summed E-state index contributed by atoms with van der Waals surface area (Å²) in [5.74, 6) is 6.20. The fraction of sp³-hybridized carbons (Fsp3) is 0.171. The average molecular weight is 610 g/mol. The van der Waals surface area contributed by atoms with E-state index in [2.05, 4.69) is 20.9 Å². The van der Waals surface area contributed by atoms with Gasteiger partial charge in [-0.2, -0.15) is 0 Å². The number of hydrogen-bond acceptors (Lipinski definition) is 11. The molecule has 0 saturated heterocycles. The van der Waals surface area contributed by atoms with Crippen molar-refractivity contribution < 1.29 is 0 Å². The number of nitrogens with zero attached hydrogens (tertiary/aromatic N) is 7. The van der Waals surface area contributed by atoms with E-state index in [-0.39, 0.29) is 0 Å². The number of pyridine rings is 3. The van der Waals surface area contributed by atoms with Crippen molar-refractivity contribution in [3.05, 3.63) is 107 Å². The minimum atomic E-state index is -1.56. The summed E-state index contributed by atoms with van der Waals surface area (Å²) in [6.45, 7) is 5.81. The van der Waals surface area contributed by atoms with Gasteiger partial charge >= 0.3 is 0 Å². The quantitative estimate of drug-likeness (QED) is 0.208. The molecule has 11 nitrogen and oxygen atoms in total. The minimum Gasteiger partial charge on any atom is -0.398 e. The number of nitrogens with two attached hydrogens (primary N) is 4. The Morgan fingerprint density at radius 2 is 1.17 bits per heavy atom. The van der Waals surface area contributed by atoms with Crippen LogP contribution in [0.15, 0.2) is 82.8 Å². The Bertz CT molecular complexity index is 2290. The van der Waals surface area contributed by atoms with Crippen LogP contribution >= 0.6 is 0 Å². The van der Waals surface area contributed by atoms with Gasteiger partial charge < -0.3 is 16.4 Å². The van der Waals surface area contributed by atoms with Crippen LogP contribution in [0.25, 0.3) is 32.7 Å². The van der Waals surface area contributed by atoms with Crippen molar-refractivity contribution in [3.8, 4) is 0 Å². The Labute approximate surface area is 266 Å². The van der Waals surface area contributed by atoms with Crippen molar-refractivity contribution in [1.82, 2.24) is 20.0 Å². The highest BCUT2D eigenvalue weighted by Gasteiger charge is 2.40. The molecular formula is C35H35N11. The summed E-state index contributed by atoms with van der Waals surface area (Å²) < 4.78 is 0. The molecule has 230 valence electrons. The summed E-state index contributed by atoms with van der Waals surface area (Å²) in [7, 11) is 4.01. The third-order valence-electron chi connectivity index (χ3n) is 8.36. The molecule has 11 heteroatoms. The molecule has 6 aromatic rings. The normalized spacial score (nSPS) is 16.6. The largest absolute Gasteiger partial charge is 0.398 e. The summed E-state index contributed by atoms with van der Waals surface area (Å²) in [6.07, 6.45) is 0. The van der Waals surface area contributed by atoms with Gasteiger partial charge in [-0.05, 0) is 87.5 Å². The number of benzene rings is 3. The van der Waals surface area contributed by atoms with Gasteiger partial charge in [-0.3, -0.25) is 20.7 Å². The van der Waals surface area contributed by atoms with E-state index in [9.17, 15) is 0 Å². The fourth-order valence-electron chi connectivity index (χ4n) is 6.09. The number of fused-ring (bicyclic) bond motifs is 3. The van der Waals surface area contributed by atoms with Gasteiger partial charge in [-0.1, -0.05) is 6.07 Å². The Morgan fingerprint density at radius 3 is 1.80 bits per heavy atom. The van der Waals surface area contributed by atoms with E-state index >= 15 is 0 Å². The highest BCUT2D eigenvalue weighted by Crippen LogP contribution is 2.34. The zero-order valence-electron chi connectivity index (χ0n) is 26.4. The van der Waals surface area contributed by atoms with Crippen molar-refractivity contribution in [1.29, 1.82) is 0 Å². The summed E-state index contributed by atoms with van der Waals surface area (Å²) in [4.78, 5) is 26.1. The Hall–Kier alpha value is -5.65. The van der Waals surface area contributed by atoms with Gasteiger partial charge in [-0.15, -0.1) is 0 Å². The molecule has 0 fully saturated rings.